The van der Waals surface area contributed by atoms with Gasteiger partial charge >= 0.3 is 0 Å². The zero-order chi connectivity index (χ0) is 19.9. The highest BCUT2D eigenvalue weighted by Crippen LogP contribution is 2.28. The first-order valence-corrected chi connectivity index (χ1v) is 10.2. The SMILES string of the molecule is COc1cc(NC(=O)CCS[C@@H]2CCc3ccccc3NC2=O)cc(OC)c1. The van der Waals surface area contributed by atoms with Crippen LogP contribution in [0.2, 0.25) is 0 Å². The number of carbonyl (C=O) groups excluding carboxylic acids is 2. The summed E-state index contributed by atoms with van der Waals surface area (Å²) in [7, 11) is 3.13. The van der Waals surface area contributed by atoms with Crippen LogP contribution in [-0.2, 0) is 16.0 Å². The van der Waals surface area contributed by atoms with E-state index in [1.165, 1.54) is 11.8 Å². The molecule has 2 N–H and O–H groups in total. The second kappa shape index (κ2) is 9.50. The predicted octanol–water partition coefficient (Wildman–Crippen LogP) is 3.72. The highest BCUT2D eigenvalue weighted by Gasteiger charge is 2.23. The van der Waals surface area contributed by atoms with Gasteiger partial charge in [0.25, 0.3) is 0 Å². The number of carbonyl (C=O) groups is 2. The first-order chi connectivity index (χ1) is 13.6. The summed E-state index contributed by atoms with van der Waals surface area (Å²) >= 11 is 1.52. The summed E-state index contributed by atoms with van der Waals surface area (Å²) in [6.45, 7) is 0. The van der Waals surface area contributed by atoms with Gasteiger partial charge in [-0.1, -0.05) is 18.2 Å². The third-order valence-corrected chi connectivity index (χ3v) is 5.82. The lowest BCUT2D eigenvalue weighted by Crippen LogP contribution is -2.24. The van der Waals surface area contributed by atoms with Crippen LogP contribution in [0.3, 0.4) is 0 Å². The van der Waals surface area contributed by atoms with Crippen molar-refractivity contribution in [1.29, 1.82) is 0 Å². The molecular weight excluding hydrogens is 376 g/mol. The average Bonchev–Trinajstić information content (AvgIpc) is 2.86. The van der Waals surface area contributed by atoms with Crippen molar-refractivity contribution < 1.29 is 19.1 Å². The molecule has 1 aliphatic rings. The number of hydrogen-bond donors (Lipinski definition) is 2. The van der Waals surface area contributed by atoms with Crippen LogP contribution >= 0.6 is 11.8 Å². The van der Waals surface area contributed by atoms with Crippen molar-refractivity contribution in [2.24, 2.45) is 0 Å². The fourth-order valence-electron chi connectivity index (χ4n) is 3.05. The molecule has 2 aromatic carbocycles. The molecule has 0 radical (unpaired) electrons. The monoisotopic (exact) mass is 400 g/mol. The molecule has 2 amide bonds. The Hall–Kier alpha value is -2.67. The van der Waals surface area contributed by atoms with Crippen LogP contribution in [0.15, 0.2) is 42.5 Å². The van der Waals surface area contributed by atoms with Gasteiger partial charge in [0.15, 0.2) is 0 Å². The number of benzene rings is 2. The lowest BCUT2D eigenvalue weighted by Gasteiger charge is -2.13. The molecule has 28 heavy (non-hydrogen) atoms. The second-order valence-electron chi connectivity index (χ2n) is 6.44. The van der Waals surface area contributed by atoms with Crippen LogP contribution in [0.4, 0.5) is 11.4 Å². The first kappa shape index (κ1) is 20.1. The number of anilines is 2. The van der Waals surface area contributed by atoms with Crippen LogP contribution in [-0.4, -0.2) is 37.0 Å². The Kier molecular flexibility index (Phi) is 6.81. The van der Waals surface area contributed by atoms with E-state index >= 15 is 0 Å². The van der Waals surface area contributed by atoms with Crippen molar-refractivity contribution in [2.45, 2.75) is 24.5 Å². The van der Waals surface area contributed by atoms with Crippen LogP contribution in [0.5, 0.6) is 11.5 Å². The minimum Gasteiger partial charge on any atom is -0.497 e. The Morgan fingerprint density at radius 1 is 1.18 bits per heavy atom. The van der Waals surface area contributed by atoms with Gasteiger partial charge in [-0.15, -0.1) is 11.8 Å². The summed E-state index contributed by atoms with van der Waals surface area (Å²) in [5.74, 6) is 1.69. The summed E-state index contributed by atoms with van der Waals surface area (Å²) in [6, 6.07) is 13.1. The van der Waals surface area contributed by atoms with Gasteiger partial charge in [-0.25, -0.2) is 0 Å². The molecule has 7 heteroatoms. The number of hydrogen-bond acceptors (Lipinski definition) is 5. The van der Waals surface area contributed by atoms with Gasteiger partial charge in [0, 0.05) is 41.7 Å². The summed E-state index contributed by atoms with van der Waals surface area (Å²) in [4.78, 5) is 24.7. The number of rotatable bonds is 7. The molecule has 0 fully saturated rings. The number of nitrogens with one attached hydrogen (secondary N) is 2. The standard InChI is InChI=1S/C21H24N2O4S/c1-26-16-11-15(12-17(13-16)27-2)22-20(24)9-10-28-19-8-7-14-5-3-4-6-18(14)23-21(19)25/h3-6,11-13,19H,7-10H2,1-2H3,(H,22,24)(H,23,25)/t19-/m1/s1. The molecule has 1 heterocycles. The number of fused-ring (bicyclic) bond motifs is 1. The fourth-order valence-corrected chi connectivity index (χ4v) is 4.13. The maximum Gasteiger partial charge on any atom is 0.237 e. The van der Waals surface area contributed by atoms with Crippen molar-refractivity contribution in [3.8, 4) is 11.5 Å². The number of methoxy groups -OCH3 is 2. The van der Waals surface area contributed by atoms with Gasteiger partial charge in [-0.3, -0.25) is 9.59 Å². The van der Waals surface area contributed by atoms with Gasteiger partial charge in [-0.2, -0.15) is 0 Å². The second-order valence-corrected chi connectivity index (χ2v) is 7.75. The summed E-state index contributed by atoms with van der Waals surface area (Å²) < 4.78 is 10.4. The molecule has 0 saturated carbocycles. The molecule has 0 bridgehead atoms. The topological polar surface area (TPSA) is 76.7 Å². The quantitative estimate of drug-likeness (QED) is 0.741. The Labute approximate surface area is 169 Å². The van der Waals surface area contributed by atoms with Crippen molar-refractivity contribution >= 4 is 35.0 Å². The molecule has 3 rings (SSSR count). The van der Waals surface area contributed by atoms with Gasteiger partial charge in [0.1, 0.15) is 11.5 Å². The van der Waals surface area contributed by atoms with Crippen molar-refractivity contribution in [1.82, 2.24) is 0 Å². The van der Waals surface area contributed by atoms with E-state index in [4.69, 9.17) is 9.47 Å². The van der Waals surface area contributed by atoms with Gasteiger partial charge < -0.3 is 20.1 Å². The molecule has 1 aliphatic heterocycles. The van der Waals surface area contributed by atoms with Crippen molar-refractivity contribution in [3.05, 3.63) is 48.0 Å². The third-order valence-electron chi connectivity index (χ3n) is 4.53. The lowest BCUT2D eigenvalue weighted by atomic mass is 10.1. The van der Waals surface area contributed by atoms with Crippen LogP contribution in [0.25, 0.3) is 0 Å². The average molecular weight is 401 g/mol. The fraction of sp³-hybridized carbons (Fsp3) is 0.333. The van der Waals surface area contributed by atoms with Gasteiger partial charge in [0.2, 0.25) is 11.8 Å². The predicted molar refractivity (Wildman–Crippen MR) is 112 cm³/mol. The Morgan fingerprint density at radius 3 is 2.61 bits per heavy atom. The Balaban J connectivity index is 1.50. The number of amides is 2. The minimum atomic E-state index is -0.155. The number of para-hydroxylation sites is 1. The molecule has 0 saturated heterocycles. The summed E-state index contributed by atoms with van der Waals surface area (Å²) in [6.07, 6.45) is 1.94. The van der Waals surface area contributed by atoms with Crippen LogP contribution < -0.4 is 20.1 Å². The van der Waals surface area contributed by atoms with Crippen LogP contribution in [0, 0.1) is 0 Å². The molecule has 148 valence electrons. The zero-order valence-electron chi connectivity index (χ0n) is 16.0. The molecule has 0 aliphatic carbocycles. The number of thioether (sulfide) groups is 1. The first-order valence-electron chi connectivity index (χ1n) is 9.12. The smallest absolute Gasteiger partial charge is 0.237 e. The zero-order valence-corrected chi connectivity index (χ0v) is 16.8. The molecule has 2 aromatic rings. The highest BCUT2D eigenvalue weighted by atomic mass is 32.2. The Bertz CT molecular complexity index is 834. The third kappa shape index (κ3) is 5.19. The molecule has 0 unspecified atom stereocenters. The summed E-state index contributed by atoms with van der Waals surface area (Å²) in [5.41, 5.74) is 2.66. The highest BCUT2D eigenvalue weighted by molar-refractivity contribution is 8.00. The van der Waals surface area contributed by atoms with E-state index in [-0.39, 0.29) is 17.1 Å². The lowest BCUT2D eigenvalue weighted by molar-refractivity contribution is -0.116. The number of aryl methyl sites for hydroxylation is 1. The maximum atomic E-state index is 12.4. The van der Waals surface area contributed by atoms with E-state index < -0.39 is 0 Å². The van der Waals surface area contributed by atoms with E-state index in [2.05, 4.69) is 10.6 Å². The van der Waals surface area contributed by atoms with Crippen molar-refractivity contribution in [3.63, 3.8) is 0 Å². The van der Waals surface area contributed by atoms with E-state index in [1.54, 1.807) is 32.4 Å². The molecular formula is C21H24N2O4S. The number of ether oxygens (including phenoxy) is 2. The Morgan fingerprint density at radius 2 is 1.89 bits per heavy atom. The van der Waals surface area contributed by atoms with E-state index in [9.17, 15) is 9.59 Å². The molecule has 6 nitrogen and oxygen atoms in total. The normalized spacial score (nSPS) is 15.8. The van der Waals surface area contributed by atoms with E-state index in [0.717, 1.165) is 24.1 Å². The minimum absolute atomic E-state index is 0.00731. The van der Waals surface area contributed by atoms with Crippen LogP contribution in [0.1, 0.15) is 18.4 Å². The van der Waals surface area contributed by atoms with E-state index in [1.807, 2.05) is 24.3 Å². The van der Waals surface area contributed by atoms with Gasteiger partial charge in [-0.05, 0) is 24.5 Å². The molecule has 1 atom stereocenters. The van der Waals surface area contributed by atoms with Crippen molar-refractivity contribution in [2.75, 3.05) is 30.6 Å². The van der Waals surface area contributed by atoms with E-state index in [0.29, 0.717) is 29.4 Å². The van der Waals surface area contributed by atoms with Gasteiger partial charge in [0.05, 0.1) is 19.5 Å². The summed E-state index contributed by atoms with van der Waals surface area (Å²) in [5, 5.41) is 5.69. The maximum absolute atomic E-state index is 12.4. The molecule has 0 aromatic heterocycles. The molecule has 0 spiro atoms. The largest absolute Gasteiger partial charge is 0.497 e.